The van der Waals surface area contributed by atoms with E-state index in [1.165, 1.54) is 18.4 Å². The van der Waals surface area contributed by atoms with Crippen molar-refractivity contribution in [2.75, 3.05) is 50.7 Å². The predicted molar refractivity (Wildman–Crippen MR) is 144 cm³/mol. The maximum Gasteiger partial charge on any atom is 0.269 e. The van der Waals surface area contributed by atoms with Crippen molar-refractivity contribution in [2.45, 2.75) is 52.1 Å². The summed E-state index contributed by atoms with van der Waals surface area (Å²) in [4.78, 5) is 24.8. The van der Waals surface area contributed by atoms with Crippen LogP contribution in [0.1, 0.15) is 55.6 Å². The fourth-order valence-electron chi connectivity index (χ4n) is 5.13. The Morgan fingerprint density at radius 2 is 1.83 bits per heavy atom. The standard InChI is InChI=1S/C28H40ClN5O/c1-22(2)11-14-30-28(35)26-9-5-10-27(31-26)34-16-6-15-33(19-20-34)24-12-17-32(18-13-24)21-23-7-3-4-8-25(23)29/h3-5,7-10,22,24H,6,11-21H2,1-2H3,(H,30,35). The number of halogens is 1. The molecule has 2 aliphatic heterocycles. The first-order valence-corrected chi connectivity index (χ1v) is 13.6. The minimum absolute atomic E-state index is 0.0764. The van der Waals surface area contributed by atoms with Crippen LogP contribution in [0, 0.1) is 5.92 Å². The summed E-state index contributed by atoms with van der Waals surface area (Å²) in [5, 5.41) is 3.87. The van der Waals surface area contributed by atoms with Crippen LogP contribution < -0.4 is 10.2 Å². The summed E-state index contributed by atoms with van der Waals surface area (Å²) in [7, 11) is 0. The van der Waals surface area contributed by atoms with Crippen LogP contribution in [0.25, 0.3) is 0 Å². The van der Waals surface area contributed by atoms with E-state index in [4.69, 9.17) is 16.6 Å². The maximum atomic E-state index is 12.5. The Morgan fingerprint density at radius 1 is 1.03 bits per heavy atom. The van der Waals surface area contributed by atoms with Crippen LogP contribution in [0.3, 0.4) is 0 Å². The van der Waals surface area contributed by atoms with Gasteiger partial charge in [0.05, 0.1) is 0 Å². The van der Waals surface area contributed by atoms with Gasteiger partial charge in [0.1, 0.15) is 11.5 Å². The molecule has 4 rings (SSSR count). The molecule has 7 heteroatoms. The monoisotopic (exact) mass is 497 g/mol. The third-order valence-corrected chi connectivity index (χ3v) is 7.62. The largest absolute Gasteiger partial charge is 0.355 e. The van der Waals surface area contributed by atoms with Crippen LogP contribution in [0.5, 0.6) is 0 Å². The summed E-state index contributed by atoms with van der Waals surface area (Å²) < 4.78 is 0. The van der Waals surface area contributed by atoms with Gasteiger partial charge in [-0.1, -0.05) is 49.7 Å². The van der Waals surface area contributed by atoms with Gasteiger partial charge < -0.3 is 10.2 Å². The van der Waals surface area contributed by atoms with E-state index in [1.807, 2.05) is 30.3 Å². The van der Waals surface area contributed by atoms with Gasteiger partial charge in [-0.3, -0.25) is 14.6 Å². The molecule has 2 aliphatic rings. The highest BCUT2D eigenvalue weighted by Crippen LogP contribution is 2.23. The van der Waals surface area contributed by atoms with Gasteiger partial charge in [-0.25, -0.2) is 4.98 Å². The van der Waals surface area contributed by atoms with E-state index < -0.39 is 0 Å². The number of pyridine rings is 1. The predicted octanol–water partition coefficient (Wildman–Crippen LogP) is 4.69. The molecule has 6 nitrogen and oxygen atoms in total. The topological polar surface area (TPSA) is 51.7 Å². The zero-order valence-electron chi connectivity index (χ0n) is 21.3. The van der Waals surface area contributed by atoms with Crippen molar-refractivity contribution in [1.82, 2.24) is 20.1 Å². The van der Waals surface area contributed by atoms with E-state index in [0.29, 0.717) is 24.2 Å². The van der Waals surface area contributed by atoms with Crippen molar-refractivity contribution in [1.29, 1.82) is 0 Å². The molecule has 0 atom stereocenters. The first kappa shape index (κ1) is 25.9. The van der Waals surface area contributed by atoms with Crippen molar-refractivity contribution in [3.8, 4) is 0 Å². The average molecular weight is 498 g/mol. The highest BCUT2D eigenvalue weighted by atomic mass is 35.5. The number of aromatic nitrogens is 1. The summed E-state index contributed by atoms with van der Waals surface area (Å²) in [6, 6.07) is 14.6. The first-order chi connectivity index (χ1) is 17.0. The Balaban J connectivity index is 1.27. The van der Waals surface area contributed by atoms with Crippen LogP contribution in [0.15, 0.2) is 42.5 Å². The average Bonchev–Trinajstić information content (AvgIpc) is 3.12. The molecule has 0 spiro atoms. The lowest BCUT2D eigenvalue weighted by atomic mass is 10.0. The molecule has 1 aromatic heterocycles. The zero-order chi connectivity index (χ0) is 24.6. The van der Waals surface area contributed by atoms with Gasteiger partial charge in [-0.15, -0.1) is 0 Å². The molecule has 2 fully saturated rings. The number of carbonyl (C=O) groups is 1. The maximum absolute atomic E-state index is 12.5. The lowest BCUT2D eigenvalue weighted by molar-refractivity contribution is 0.0947. The molecule has 0 bridgehead atoms. The molecule has 0 radical (unpaired) electrons. The van der Waals surface area contributed by atoms with Crippen LogP contribution in [0.2, 0.25) is 5.02 Å². The summed E-state index contributed by atoms with van der Waals surface area (Å²) in [5.74, 6) is 1.41. The van der Waals surface area contributed by atoms with E-state index in [2.05, 4.69) is 46.0 Å². The molecule has 2 aromatic rings. The molecule has 2 saturated heterocycles. The number of hydrogen-bond acceptors (Lipinski definition) is 5. The second-order valence-corrected chi connectivity index (χ2v) is 10.7. The Labute approximate surface area is 215 Å². The van der Waals surface area contributed by atoms with Crippen LogP contribution >= 0.6 is 11.6 Å². The van der Waals surface area contributed by atoms with Gasteiger partial charge in [0.2, 0.25) is 0 Å². The molecular weight excluding hydrogens is 458 g/mol. The molecule has 3 heterocycles. The molecule has 0 unspecified atom stereocenters. The second-order valence-electron chi connectivity index (χ2n) is 10.3. The minimum atomic E-state index is -0.0764. The molecule has 0 saturated carbocycles. The van der Waals surface area contributed by atoms with Gasteiger partial charge in [0.15, 0.2) is 0 Å². The number of piperidine rings is 1. The number of benzene rings is 1. The number of amides is 1. The van der Waals surface area contributed by atoms with Gasteiger partial charge in [-0.05, 0) is 68.5 Å². The van der Waals surface area contributed by atoms with Crippen LogP contribution in [-0.4, -0.2) is 72.5 Å². The third-order valence-electron chi connectivity index (χ3n) is 7.25. The number of rotatable bonds is 8. The van der Waals surface area contributed by atoms with Crippen molar-refractivity contribution < 1.29 is 4.79 Å². The van der Waals surface area contributed by atoms with Crippen LogP contribution in [-0.2, 0) is 6.54 Å². The van der Waals surface area contributed by atoms with Gasteiger partial charge in [-0.2, -0.15) is 0 Å². The summed E-state index contributed by atoms with van der Waals surface area (Å²) in [5.41, 5.74) is 1.74. The lowest BCUT2D eigenvalue weighted by Gasteiger charge is -2.38. The van der Waals surface area contributed by atoms with E-state index in [1.54, 1.807) is 0 Å². The van der Waals surface area contributed by atoms with Gasteiger partial charge in [0, 0.05) is 50.3 Å². The smallest absolute Gasteiger partial charge is 0.269 e. The highest BCUT2D eigenvalue weighted by Gasteiger charge is 2.27. The fraction of sp³-hybridized carbons (Fsp3) is 0.571. The van der Waals surface area contributed by atoms with E-state index >= 15 is 0 Å². The fourth-order valence-corrected chi connectivity index (χ4v) is 5.33. The van der Waals surface area contributed by atoms with E-state index in [9.17, 15) is 4.79 Å². The summed E-state index contributed by atoms with van der Waals surface area (Å²) in [6.07, 6.45) is 4.50. The Kier molecular flexibility index (Phi) is 9.41. The Hall–Kier alpha value is -2.15. The molecule has 1 amide bonds. The second kappa shape index (κ2) is 12.7. The van der Waals surface area contributed by atoms with Crippen molar-refractivity contribution in [3.63, 3.8) is 0 Å². The first-order valence-electron chi connectivity index (χ1n) is 13.2. The number of hydrogen-bond donors (Lipinski definition) is 1. The SMILES string of the molecule is CC(C)CCNC(=O)c1cccc(N2CCCN(C3CCN(Cc4ccccc4Cl)CC3)CC2)n1. The number of nitrogens with zero attached hydrogens (tertiary/aromatic N) is 4. The van der Waals surface area contributed by atoms with Crippen molar-refractivity contribution in [3.05, 3.63) is 58.7 Å². The van der Waals surface area contributed by atoms with E-state index in [-0.39, 0.29) is 5.91 Å². The van der Waals surface area contributed by atoms with Crippen LogP contribution in [0.4, 0.5) is 5.82 Å². The van der Waals surface area contributed by atoms with Gasteiger partial charge >= 0.3 is 0 Å². The quantitative estimate of drug-likeness (QED) is 0.573. The Morgan fingerprint density at radius 3 is 2.60 bits per heavy atom. The van der Waals surface area contributed by atoms with Crippen molar-refractivity contribution >= 4 is 23.3 Å². The zero-order valence-corrected chi connectivity index (χ0v) is 22.0. The molecule has 1 aromatic carbocycles. The normalized spacial score (nSPS) is 18.6. The number of carbonyl (C=O) groups excluding carboxylic acids is 1. The van der Waals surface area contributed by atoms with E-state index in [0.717, 1.165) is 69.5 Å². The summed E-state index contributed by atoms with van der Waals surface area (Å²) >= 11 is 6.37. The minimum Gasteiger partial charge on any atom is -0.355 e. The van der Waals surface area contributed by atoms with Gasteiger partial charge in [0.25, 0.3) is 5.91 Å². The number of nitrogens with one attached hydrogen (secondary N) is 1. The Bertz CT molecular complexity index is 960. The summed E-state index contributed by atoms with van der Waals surface area (Å²) in [6.45, 7) is 12.3. The number of anilines is 1. The highest BCUT2D eigenvalue weighted by molar-refractivity contribution is 6.31. The molecule has 1 N–H and O–H groups in total. The third kappa shape index (κ3) is 7.42. The number of likely N-dealkylation sites (tertiary alicyclic amines) is 1. The molecular formula is C28H40ClN5O. The lowest BCUT2D eigenvalue weighted by Crippen LogP contribution is -2.46. The molecule has 190 valence electrons. The van der Waals surface area contributed by atoms with Crippen molar-refractivity contribution in [2.24, 2.45) is 5.92 Å². The molecule has 35 heavy (non-hydrogen) atoms. The molecule has 0 aliphatic carbocycles.